The first-order valence-corrected chi connectivity index (χ1v) is 9.98. The van der Waals surface area contributed by atoms with Crippen LogP contribution < -0.4 is 5.56 Å². The van der Waals surface area contributed by atoms with E-state index >= 15 is 0 Å². The van der Waals surface area contributed by atoms with Gasteiger partial charge in [0, 0.05) is 62.4 Å². The van der Waals surface area contributed by atoms with Crippen LogP contribution in [0, 0.1) is 5.41 Å². The zero-order valence-electron chi connectivity index (χ0n) is 17.1. The largest absolute Gasteiger partial charge is 0.447 e. The van der Waals surface area contributed by atoms with E-state index in [1.807, 2.05) is 18.7 Å². The van der Waals surface area contributed by atoms with Crippen LogP contribution in [-0.2, 0) is 7.05 Å². The Labute approximate surface area is 169 Å². The van der Waals surface area contributed by atoms with Crippen molar-refractivity contribution in [1.29, 1.82) is 0 Å². The molecule has 8 nitrogen and oxygen atoms in total. The number of hydrogen-bond acceptors (Lipinski definition) is 5. The van der Waals surface area contributed by atoms with Gasteiger partial charge in [-0.15, -0.1) is 0 Å². The van der Waals surface area contributed by atoms with Gasteiger partial charge in [0.05, 0.1) is 0 Å². The number of piperidine rings is 1. The molecule has 2 aromatic heterocycles. The fraction of sp³-hybridized carbons (Fsp3) is 0.524. The normalized spacial score (nSPS) is 18.2. The molecule has 1 spiro atoms. The third kappa shape index (κ3) is 3.47. The van der Waals surface area contributed by atoms with Crippen molar-refractivity contribution in [1.82, 2.24) is 19.4 Å². The zero-order valence-corrected chi connectivity index (χ0v) is 17.1. The lowest BCUT2D eigenvalue weighted by atomic mass is 9.73. The van der Waals surface area contributed by atoms with E-state index < -0.39 is 0 Å². The number of carbonyl (C=O) groups excluding carboxylic acids is 2. The van der Waals surface area contributed by atoms with Crippen LogP contribution in [0.15, 0.2) is 33.9 Å². The van der Waals surface area contributed by atoms with Crippen molar-refractivity contribution in [3.8, 4) is 0 Å². The van der Waals surface area contributed by atoms with Crippen molar-refractivity contribution in [2.45, 2.75) is 32.6 Å². The molecule has 154 valence electrons. The molecule has 2 saturated heterocycles. The van der Waals surface area contributed by atoms with E-state index in [1.54, 1.807) is 24.2 Å². The molecule has 2 aliphatic heterocycles. The van der Waals surface area contributed by atoms with Crippen molar-refractivity contribution >= 4 is 11.8 Å². The molecule has 0 atom stereocenters. The van der Waals surface area contributed by atoms with Crippen LogP contribution in [-0.4, -0.2) is 57.3 Å². The highest BCUT2D eigenvalue weighted by Crippen LogP contribution is 2.40. The summed E-state index contributed by atoms with van der Waals surface area (Å²) in [6.45, 7) is 6.42. The van der Waals surface area contributed by atoms with Gasteiger partial charge in [-0.25, -0.2) is 4.98 Å². The third-order valence-corrected chi connectivity index (χ3v) is 5.96. The van der Waals surface area contributed by atoms with Crippen LogP contribution in [0.25, 0.3) is 0 Å². The highest BCUT2D eigenvalue weighted by atomic mass is 16.3. The number of aromatic nitrogens is 2. The number of carbonyl (C=O) groups is 2. The number of hydrogen-bond donors (Lipinski definition) is 0. The minimum absolute atomic E-state index is 0.0783. The summed E-state index contributed by atoms with van der Waals surface area (Å²) in [7, 11) is 1.66. The molecule has 8 heteroatoms. The summed E-state index contributed by atoms with van der Waals surface area (Å²) in [5, 5.41) is 0. The average molecular weight is 398 g/mol. The van der Waals surface area contributed by atoms with E-state index in [0.29, 0.717) is 43.2 Å². The maximum absolute atomic E-state index is 12.9. The number of aryl methyl sites for hydroxylation is 1. The summed E-state index contributed by atoms with van der Waals surface area (Å²) in [6, 6.07) is 3.07. The summed E-state index contributed by atoms with van der Waals surface area (Å²) in [4.78, 5) is 45.3. The summed E-state index contributed by atoms with van der Waals surface area (Å²) < 4.78 is 6.82. The SMILES string of the molecule is CC(C)c1ocnc1C(=O)N1CC2(CCCN(C(=O)c3ccn(C)c(=O)c3)C2)C1. The third-order valence-electron chi connectivity index (χ3n) is 5.96. The van der Waals surface area contributed by atoms with Crippen LogP contribution in [0.2, 0.25) is 0 Å². The van der Waals surface area contributed by atoms with Gasteiger partial charge in [0.2, 0.25) is 0 Å². The minimum atomic E-state index is -0.198. The van der Waals surface area contributed by atoms with Gasteiger partial charge in [0.25, 0.3) is 17.4 Å². The smallest absolute Gasteiger partial charge is 0.276 e. The van der Waals surface area contributed by atoms with E-state index in [4.69, 9.17) is 4.42 Å². The monoisotopic (exact) mass is 398 g/mol. The second kappa shape index (κ2) is 7.17. The lowest BCUT2D eigenvalue weighted by molar-refractivity contribution is -0.0341. The molecule has 0 saturated carbocycles. The summed E-state index contributed by atoms with van der Waals surface area (Å²) in [5.41, 5.74) is 0.530. The Bertz CT molecular complexity index is 1000. The number of rotatable bonds is 3. The van der Waals surface area contributed by atoms with E-state index in [0.717, 1.165) is 12.8 Å². The molecule has 2 aromatic rings. The van der Waals surface area contributed by atoms with E-state index in [-0.39, 0.29) is 28.7 Å². The van der Waals surface area contributed by atoms with Crippen molar-refractivity contribution < 1.29 is 14.0 Å². The molecule has 0 N–H and O–H groups in total. The van der Waals surface area contributed by atoms with Crippen LogP contribution in [0.5, 0.6) is 0 Å². The maximum atomic E-state index is 12.9. The Balaban J connectivity index is 1.43. The first-order chi connectivity index (χ1) is 13.8. The van der Waals surface area contributed by atoms with Gasteiger partial charge in [-0.1, -0.05) is 13.8 Å². The summed E-state index contributed by atoms with van der Waals surface area (Å²) in [5.74, 6) is 0.475. The summed E-state index contributed by atoms with van der Waals surface area (Å²) in [6.07, 6.45) is 4.80. The standard InChI is InChI=1S/C21H26N4O4/c1-14(2)18-17(22-13-29-18)20(28)25-11-21(12-25)6-4-7-24(10-21)19(27)15-5-8-23(3)16(26)9-15/h5,8-9,13-14H,4,6-7,10-12H2,1-3H3. The molecule has 2 fully saturated rings. The molecule has 0 unspecified atom stereocenters. The Kier molecular flexibility index (Phi) is 4.80. The second-order valence-electron chi connectivity index (χ2n) is 8.58. The lowest BCUT2D eigenvalue weighted by Crippen LogP contribution is -2.64. The first-order valence-electron chi connectivity index (χ1n) is 9.98. The molecule has 29 heavy (non-hydrogen) atoms. The van der Waals surface area contributed by atoms with Gasteiger partial charge in [0.1, 0.15) is 5.76 Å². The fourth-order valence-corrected chi connectivity index (χ4v) is 4.39. The van der Waals surface area contributed by atoms with Crippen molar-refractivity contribution in [2.24, 2.45) is 12.5 Å². The highest BCUT2D eigenvalue weighted by Gasteiger charge is 2.49. The number of amides is 2. The molecule has 4 heterocycles. The van der Waals surface area contributed by atoms with Crippen LogP contribution >= 0.6 is 0 Å². The van der Waals surface area contributed by atoms with Gasteiger partial charge >= 0.3 is 0 Å². The molecule has 2 aliphatic rings. The summed E-state index contributed by atoms with van der Waals surface area (Å²) >= 11 is 0. The van der Waals surface area contributed by atoms with E-state index in [9.17, 15) is 14.4 Å². The lowest BCUT2D eigenvalue weighted by Gasteiger charge is -2.54. The predicted octanol–water partition coefficient (Wildman–Crippen LogP) is 1.88. The van der Waals surface area contributed by atoms with Gasteiger partial charge in [0.15, 0.2) is 12.1 Å². The number of pyridine rings is 1. The van der Waals surface area contributed by atoms with Crippen molar-refractivity contribution in [3.05, 3.63) is 52.1 Å². The van der Waals surface area contributed by atoms with Gasteiger partial charge in [-0.05, 0) is 18.9 Å². The van der Waals surface area contributed by atoms with Crippen LogP contribution in [0.4, 0.5) is 0 Å². The second-order valence-corrected chi connectivity index (χ2v) is 8.58. The first kappa shape index (κ1) is 19.4. The van der Waals surface area contributed by atoms with Crippen molar-refractivity contribution in [2.75, 3.05) is 26.2 Å². The number of oxazole rings is 1. The fourth-order valence-electron chi connectivity index (χ4n) is 4.39. The van der Waals surface area contributed by atoms with Crippen molar-refractivity contribution in [3.63, 3.8) is 0 Å². The molecule has 0 radical (unpaired) electrons. The van der Waals surface area contributed by atoms with Gasteiger partial charge in [-0.3, -0.25) is 14.4 Å². The Morgan fingerprint density at radius 2 is 1.90 bits per heavy atom. The molecule has 0 aliphatic carbocycles. The molecule has 0 aromatic carbocycles. The molecule has 2 amide bonds. The molecular formula is C21H26N4O4. The predicted molar refractivity (Wildman–Crippen MR) is 106 cm³/mol. The van der Waals surface area contributed by atoms with E-state index in [2.05, 4.69) is 4.98 Å². The molecule has 4 rings (SSSR count). The number of likely N-dealkylation sites (tertiary alicyclic amines) is 2. The zero-order chi connectivity index (χ0) is 20.8. The van der Waals surface area contributed by atoms with Crippen LogP contribution in [0.3, 0.4) is 0 Å². The molecular weight excluding hydrogens is 372 g/mol. The quantitative estimate of drug-likeness (QED) is 0.788. The molecule has 0 bridgehead atoms. The Hall–Kier alpha value is -2.90. The average Bonchev–Trinajstić information content (AvgIpc) is 3.17. The van der Waals surface area contributed by atoms with Crippen LogP contribution in [0.1, 0.15) is 59.2 Å². The van der Waals surface area contributed by atoms with E-state index in [1.165, 1.54) is 17.0 Å². The van der Waals surface area contributed by atoms with Gasteiger partial charge in [-0.2, -0.15) is 0 Å². The Morgan fingerprint density at radius 1 is 1.17 bits per heavy atom. The topological polar surface area (TPSA) is 88.7 Å². The Morgan fingerprint density at radius 3 is 2.59 bits per heavy atom. The highest BCUT2D eigenvalue weighted by molar-refractivity contribution is 5.95. The van der Waals surface area contributed by atoms with Gasteiger partial charge < -0.3 is 18.8 Å². The minimum Gasteiger partial charge on any atom is -0.447 e. The maximum Gasteiger partial charge on any atom is 0.276 e. The number of nitrogens with zero attached hydrogens (tertiary/aromatic N) is 4.